The van der Waals surface area contributed by atoms with E-state index in [1.807, 2.05) is 49.4 Å². The van der Waals surface area contributed by atoms with Crippen LogP contribution in [0.25, 0.3) is 10.8 Å². The molecular formula is C29H32BrN5O3. The number of carbonyl (C=O) groups excluding carboxylic acids is 2. The number of likely N-dealkylation sites (N-methyl/N-ethyl adjacent to an activating group) is 1. The smallest absolute Gasteiger partial charge is 0.255 e. The van der Waals surface area contributed by atoms with E-state index in [9.17, 15) is 14.7 Å². The van der Waals surface area contributed by atoms with Crippen LogP contribution < -0.4 is 22.1 Å². The Kier molecular flexibility index (Phi) is 10.3. The second kappa shape index (κ2) is 13.7. The lowest BCUT2D eigenvalue weighted by Crippen LogP contribution is -2.40. The van der Waals surface area contributed by atoms with Crippen LogP contribution in [0, 0.1) is 0 Å². The first kappa shape index (κ1) is 28.8. The number of pyridine rings is 1. The minimum Gasteiger partial charge on any atom is -0.383 e. The molecule has 0 aliphatic rings. The number of nitrogens with two attached hydrogens (primary N) is 2. The van der Waals surface area contributed by atoms with Crippen LogP contribution in [0.4, 0.5) is 11.5 Å². The monoisotopic (exact) mass is 577 g/mol. The van der Waals surface area contributed by atoms with Gasteiger partial charge in [-0.1, -0.05) is 60.1 Å². The van der Waals surface area contributed by atoms with E-state index in [4.69, 9.17) is 11.5 Å². The Morgan fingerprint density at radius 1 is 1.03 bits per heavy atom. The number of nitrogens with one attached hydrogen (secondary N) is 2. The zero-order valence-corrected chi connectivity index (χ0v) is 22.9. The Hall–Kier alpha value is -3.79. The van der Waals surface area contributed by atoms with Gasteiger partial charge in [0.2, 0.25) is 5.91 Å². The highest BCUT2D eigenvalue weighted by molar-refractivity contribution is 9.10. The number of hydrogen-bond acceptors (Lipinski definition) is 6. The fourth-order valence-electron chi connectivity index (χ4n) is 3.92. The van der Waals surface area contributed by atoms with Gasteiger partial charge >= 0.3 is 0 Å². The molecule has 1 heterocycles. The average Bonchev–Trinajstić information content (AvgIpc) is 2.92. The second-order valence-electron chi connectivity index (χ2n) is 8.54. The number of fused-ring (bicyclic) bond motifs is 1. The third kappa shape index (κ3) is 7.38. The number of amides is 2. The summed E-state index contributed by atoms with van der Waals surface area (Å²) in [7, 11) is 0. The van der Waals surface area contributed by atoms with E-state index >= 15 is 0 Å². The number of hydrogen-bond donors (Lipinski definition) is 5. The molecule has 2 atom stereocenters. The maximum absolute atomic E-state index is 12.8. The van der Waals surface area contributed by atoms with E-state index in [0.29, 0.717) is 23.6 Å². The van der Waals surface area contributed by atoms with E-state index in [1.54, 1.807) is 36.5 Å². The van der Waals surface area contributed by atoms with Crippen molar-refractivity contribution in [1.29, 1.82) is 0 Å². The number of carbonyl (C=O) groups is 2. The van der Waals surface area contributed by atoms with E-state index < -0.39 is 18.1 Å². The van der Waals surface area contributed by atoms with Crippen molar-refractivity contribution in [3.63, 3.8) is 0 Å². The predicted octanol–water partition coefficient (Wildman–Crippen LogP) is 4.58. The molecule has 2 unspecified atom stereocenters. The third-order valence-electron chi connectivity index (χ3n) is 5.95. The average molecular weight is 579 g/mol. The fourth-order valence-corrected chi connectivity index (χ4v) is 4.60. The number of aliphatic hydroxyl groups is 1. The van der Waals surface area contributed by atoms with Crippen molar-refractivity contribution in [2.45, 2.75) is 32.4 Å². The normalized spacial score (nSPS) is 12.2. The Morgan fingerprint density at radius 2 is 1.76 bits per heavy atom. The first-order chi connectivity index (χ1) is 18.2. The SMILES string of the molecule is CCNC(c1ccc(CC)c(Br)c1)C(O)C(=O)Nc1ccc2c(N)nccc2c1.NC(=O)c1ccccc1. The molecule has 0 fully saturated rings. The van der Waals surface area contributed by atoms with Gasteiger partial charge in [-0.3, -0.25) is 9.59 Å². The number of nitrogens with zero attached hydrogens (tertiary/aromatic N) is 1. The van der Waals surface area contributed by atoms with Crippen LogP contribution in [0.15, 0.2) is 83.5 Å². The molecule has 7 N–H and O–H groups in total. The first-order valence-corrected chi connectivity index (χ1v) is 13.0. The molecule has 4 rings (SSSR count). The Bertz CT molecular complexity index is 1400. The number of aryl methyl sites for hydroxylation is 1. The summed E-state index contributed by atoms with van der Waals surface area (Å²) in [5.74, 6) is -0.419. The van der Waals surface area contributed by atoms with Gasteiger partial charge in [0.25, 0.3) is 5.91 Å². The lowest BCUT2D eigenvalue weighted by atomic mass is 9.98. The summed E-state index contributed by atoms with van der Waals surface area (Å²) in [6.45, 7) is 4.64. The summed E-state index contributed by atoms with van der Waals surface area (Å²) >= 11 is 3.57. The maximum atomic E-state index is 12.8. The molecule has 1 aromatic heterocycles. The van der Waals surface area contributed by atoms with Gasteiger partial charge in [0.05, 0.1) is 6.04 Å². The van der Waals surface area contributed by atoms with Crippen LogP contribution >= 0.6 is 15.9 Å². The number of aliphatic hydroxyl groups excluding tert-OH is 1. The van der Waals surface area contributed by atoms with Crippen molar-refractivity contribution in [3.05, 3.63) is 100 Å². The standard InChI is InChI=1S/C22H25BrN4O2.C7H7NO/c1-3-13-5-6-15(12-18(13)23)19(25-4-2)20(28)22(29)27-16-7-8-17-14(11-16)9-10-26-21(17)24;8-7(9)6-4-2-1-3-5-6/h5-12,19-20,25,28H,3-4H2,1-2H3,(H2,24,26)(H,27,29);1-5H,(H2,8,9). The van der Waals surface area contributed by atoms with Crippen molar-refractivity contribution in [2.24, 2.45) is 5.73 Å². The van der Waals surface area contributed by atoms with Crippen molar-refractivity contribution in [2.75, 3.05) is 17.6 Å². The maximum Gasteiger partial charge on any atom is 0.255 e. The Labute approximate surface area is 230 Å². The van der Waals surface area contributed by atoms with E-state index in [0.717, 1.165) is 27.2 Å². The molecule has 4 aromatic rings. The lowest BCUT2D eigenvalue weighted by Gasteiger charge is -2.24. The molecule has 9 heteroatoms. The summed E-state index contributed by atoms with van der Waals surface area (Å²) in [5, 5.41) is 18.5. The molecule has 0 aliphatic carbocycles. The van der Waals surface area contributed by atoms with Crippen molar-refractivity contribution in [3.8, 4) is 0 Å². The highest BCUT2D eigenvalue weighted by Crippen LogP contribution is 2.26. The number of nitrogen functional groups attached to an aromatic ring is 1. The van der Waals surface area contributed by atoms with Crippen LogP contribution in [-0.2, 0) is 11.2 Å². The lowest BCUT2D eigenvalue weighted by molar-refractivity contribution is -0.125. The number of halogens is 1. The third-order valence-corrected chi connectivity index (χ3v) is 6.68. The number of aromatic nitrogens is 1. The zero-order valence-electron chi connectivity index (χ0n) is 21.3. The van der Waals surface area contributed by atoms with Crippen LogP contribution in [0.3, 0.4) is 0 Å². The van der Waals surface area contributed by atoms with Gasteiger partial charge < -0.3 is 27.2 Å². The highest BCUT2D eigenvalue weighted by Gasteiger charge is 2.27. The molecule has 198 valence electrons. The molecule has 0 aliphatic heterocycles. The van der Waals surface area contributed by atoms with Gasteiger partial charge in [-0.05, 0) is 71.9 Å². The largest absolute Gasteiger partial charge is 0.383 e. The van der Waals surface area contributed by atoms with E-state index in [1.165, 1.54) is 5.56 Å². The quantitative estimate of drug-likeness (QED) is 0.207. The Balaban J connectivity index is 0.000000375. The van der Waals surface area contributed by atoms with Gasteiger partial charge in [-0.25, -0.2) is 4.98 Å². The Morgan fingerprint density at radius 3 is 2.37 bits per heavy atom. The van der Waals surface area contributed by atoms with Gasteiger partial charge in [0, 0.05) is 27.3 Å². The molecule has 2 amide bonds. The summed E-state index contributed by atoms with van der Waals surface area (Å²) in [4.78, 5) is 27.2. The molecule has 0 saturated heterocycles. The highest BCUT2D eigenvalue weighted by atomic mass is 79.9. The van der Waals surface area contributed by atoms with Crippen molar-refractivity contribution < 1.29 is 14.7 Å². The van der Waals surface area contributed by atoms with Crippen molar-refractivity contribution in [1.82, 2.24) is 10.3 Å². The van der Waals surface area contributed by atoms with Crippen LogP contribution in [0.1, 0.15) is 41.4 Å². The van der Waals surface area contributed by atoms with Gasteiger partial charge in [-0.2, -0.15) is 0 Å². The molecule has 0 bridgehead atoms. The summed E-state index contributed by atoms with van der Waals surface area (Å²) in [6, 6.07) is 21.3. The molecule has 8 nitrogen and oxygen atoms in total. The van der Waals surface area contributed by atoms with Crippen molar-refractivity contribution >= 4 is 50.0 Å². The number of anilines is 2. The molecule has 0 saturated carbocycles. The van der Waals surface area contributed by atoms with Gasteiger partial charge in [-0.15, -0.1) is 0 Å². The van der Waals surface area contributed by atoms with Crippen LogP contribution in [0.2, 0.25) is 0 Å². The minimum atomic E-state index is -1.26. The predicted molar refractivity (Wildman–Crippen MR) is 156 cm³/mol. The molecule has 0 radical (unpaired) electrons. The van der Waals surface area contributed by atoms with E-state index in [-0.39, 0.29) is 5.91 Å². The van der Waals surface area contributed by atoms with Crippen LogP contribution in [0.5, 0.6) is 0 Å². The summed E-state index contributed by atoms with van der Waals surface area (Å²) < 4.78 is 0.966. The minimum absolute atomic E-state index is 0.379. The fraction of sp³-hybridized carbons (Fsp3) is 0.207. The van der Waals surface area contributed by atoms with Gasteiger partial charge in [0.1, 0.15) is 5.82 Å². The number of benzene rings is 3. The first-order valence-electron chi connectivity index (χ1n) is 12.2. The molecular weight excluding hydrogens is 546 g/mol. The number of primary amides is 1. The number of rotatable bonds is 8. The summed E-state index contributed by atoms with van der Waals surface area (Å²) in [5.41, 5.74) is 14.0. The van der Waals surface area contributed by atoms with Crippen LogP contribution in [-0.4, -0.2) is 34.6 Å². The summed E-state index contributed by atoms with van der Waals surface area (Å²) in [6.07, 6.45) is 1.27. The topological polar surface area (TPSA) is 143 Å². The van der Waals surface area contributed by atoms with Gasteiger partial charge in [0.15, 0.2) is 6.10 Å². The molecule has 38 heavy (non-hydrogen) atoms. The molecule has 3 aromatic carbocycles. The zero-order chi connectivity index (χ0) is 27.7. The second-order valence-corrected chi connectivity index (χ2v) is 9.39. The van der Waals surface area contributed by atoms with E-state index in [2.05, 4.69) is 38.5 Å². The molecule has 0 spiro atoms.